The summed E-state index contributed by atoms with van der Waals surface area (Å²) >= 11 is 1.82. The van der Waals surface area contributed by atoms with E-state index in [1.54, 1.807) is 19.0 Å². The third kappa shape index (κ3) is 9.96. The van der Waals surface area contributed by atoms with E-state index in [0.29, 0.717) is 0 Å². The molecule has 142 valence electrons. The van der Waals surface area contributed by atoms with Gasteiger partial charge in [0.25, 0.3) is 0 Å². The molecule has 2 N–H and O–H groups in total. The van der Waals surface area contributed by atoms with Gasteiger partial charge in [-0.15, -0.1) is 24.0 Å². The summed E-state index contributed by atoms with van der Waals surface area (Å²) in [4.78, 5) is 17.8. The van der Waals surface area contributed by atoms with Gasteiger partial charge in [-0.3, -0.25) is 4.79 Å². The van der Waals surface area contributed by atoms with Crippen molar-refractivity contribution >= 4 is 47.6 Å². The van der Waals surface area contributed by atoms with Gasteiger partial charge in [0.15, 0.2) is 5.96 Å². The molecular formula is C17H35IN4OS. The van der Waals surface area contributed by atoms with E-state index < -0.39 is 0 Å². The maximum Gasteiger partial charge on any atom is 0.243 e. The van der Waals surface area contributed by atoms with Crippen molar-refractivity contribution in [2.45, 2.75) is 50.7 Å². The molecule has 0 aliphatic heterocycles. The monoisotopic (exact) mass is 470 g/mol. The van der Waals surface area contributed by atoms with Crippen LogP contribution in [0.3, 0.4) is 0 Å². The third-order valence-electron chi connectivity index (χ3n) is 4.39. The number of nitrogens with zero attached hydrogens (tertiary/aromatic N) is 2. The number of halogens is 1. The Morgan fingerprint density at radius 1 is 1.21 bits per heavy atom. The molecule has 5 nitrogen and oxygen atoms in total. The Labute approximate surface area is 169 Å². The quantitative estimate of drug-likeness (QED) is 0.341. The zero-order valence-electron chi connectivity index (χ0n) is 15.9. The number of carbonyl (C=O) groups excluding carboxylic acids is 1. The van der Waals surface area contributed by atoms with E-state index in [9.17, 15) is 4.79 Å². The number of rotatable bonds is 7. The molecule has 0 spiro atoms. The van der Waals surface area contributed by atoms with Crippen LogP contribution in [0.4, 0.5) is 0 Å². The van der Waals surface area contributed by atoms with Crippen LogP contribution in [-0.2, 0) is 4.79 Å². The van der Waals surface area contributed by atoms with Gasteiger partial charge in [0.05, 0.1) is 0 Å². The van der Waals surface area contributed by atoms with Crippen LogP contribution in [0.5, 0.6) is 0 Å². The SMILES string of the molecule is CSC(C)(C)CNC(=NCC(=O)N(C)C)NCC1CCCCC1.I. The van der Waals surface area contributed by atoms with Gasteiger partial charge in [-0.1, -0.05) is 19.3 Å². The Kier molecular flexibility index (Phi) is 12.1. The highest BCUT2D eigenvalue weighted by atomic mass is 127. The maximum absolute atomic E-state index is 11.8. The summed E-state index contributed by atoms with van der Waals surface area (Å²) in [5.74, 6) is 1.51. The molecule has 1 saturated carbocycles. The van der Waals surface area contributed by atoms with Gasteiger partial charge in [-0.25, -0.2) is 4.99 Å². The highest BCUT2D eigenvalue weighted by molar-refractivity contribution is 14.0. The van der Waals surface area contributed by atoms with Crippen molar-refractivity contribution in [2.75, 3.05) is 40.0 Å². The molecule has 7 heteroatoms. The lowest BCUT2D eigenvalue weighted by molar-refractivity contribution is -0.127. The minimum Gasteiger partial charge on any atom is -0.356 e. The summed E-state index contributed by atoms with van der Waals surface area (Å²) in [5, 5.41) is 6.83. The first kappa shape index (κ1) is 23.8. The number of likely N-dealkylation sites (N-methyl/N-ethyl adjacent to an activating group) is 1. The van der Waals surface area contributed by atoms with Crippen molar-refractivity contribution in [3.63, 3.8) is 0 Å². The number of carbonyl (C=O) groups is 1. The Morgan fingerprint density at radius 3 is 2.38 bits per heavy atom. The van der Waals surface area contributed by atoms with Crippen molar-refractivity contribution in [3.8, 4) is 0 Å². The minimum atomic E-state index is 0. The fourth-order valence-corrected chi connectivity index (χ4v) is 2.68. The van der Waals surface area contributed by atoms with Gasteiger partial charge >= 0.3 is 0 Å². The summed E-state index contributed by atoms with van der Waals surface area (Å²) in [6.45, 7) is 6.36. The summed E-state index contributed by atoms with van der Waals surface area (Å²) in [7, 11) is 3.52. The number of thioether (sulfide) groups is 1. The predicted molar refractivity (Wildman–Crippen MR) is 117 cm³/mol. The van der Waals surface area contributed by atoms with E-state index in [1.807, 2.05) is 11.8 Å². The zero-order valence-corrected chi connectivity index (χ0v) is 19.0. The Morgan fingerprint density at radius 2 is 1.83 bits per heavy atom. The van der Waals surface area contributed by atoms with Crippen molar-refractivity contribution in [1.29, 1.82) is 0 Å². The zero-order chi connectivity index (χ0) is 17.3. The first-order chi connectivity index (χ1) is 10.8. The second-order valence-corrected chi connectivity index (χ2v) is 8.67. The lowest BCUT2D eigenvalue weighted by Gasteiger charge is -2.26. The lowest BCUT2D eigenvalue weighted by Crippen LogP contribution is -2.45. The van der Waals surface area contributed by atoms with E-state index in [2.05, 4.69) is 35.7 Å². The second-order valence-electron chi connectivity index (χ2n) is 7.16. The average molecular weight is 470 g/mol. The maximum atomic E-state index is 11.8. The number of hydrogen-bond acceptors (Lipinski definition) is 3. The smallest absolute Gasteiger partial charge is 0.243 e. The van der Waals surface area contributed by atoms with Crippen molar-refractivity contribution in [2.24, 2.45) is 10.9 Å². The molecule has 0 saturated heterocycles. The number of aliphatic imine (C=N–C) groups is 1. The molecule has 0 atom stereocenters. The first-order valence-electron chi connectivity index (χ1n) is 8.61. The number of guanidine groups is 1. The average Bonchev–Trinajstić information content (AvgIpc) is 2.54. The lowest BCUT2D eigenvalue weighted by atomic mass is 9.89. The third-order valence-corrected chi connectivity index (χ3v) is 5.64. The van der Waals surface area contributed by atoms with E-state index in [4.69, 9.17) is 0 Å². The van der Waals surface area contributed by atoms with Crippen LogP contribution >= 0.6 is 35.7 Å². The van der Waals surface area contributed by atoms with Crippen LogP contribution in [0.1, 0.15) is 46.0 Å². The fraction of sp³-hybridized carbons (Fsp3) is 0.882. The van der Waals surface area contributed by atoms with Gasteiger partial charge in [0.2, 0.25) is 5.91 Å². The van der Waals surface area contributed by atoms with Gasteiger partial charge in [-0.05, 0) is 38.9 Å². The summed E-state index contributed by atoms with van der Waals surface area (Å²) in [6, 6.07) is 0. The molecule has 0 heterocycles. The number of nitrogens with one attached hydrogen (secondary N) is 2. The highest BCUT2D eigenvalue weighted by Gasteiger charge is 2.18. The van der Waals surface area contributed by atoms with Gasteiger partial charge < -0.3 is 15.5 Å². The fourth-order valence-electron chi connectivity index (χ4n) is 2.46. The van der Waals surface area contributed by atoms with E-state index >= 15 is 0 Å². The van der Waals surface area contributed by atoms with Crippen molar-refractivity contribution in [3.05, 3.63) is 0 Å². The van der Waals surface area contributed by atoms with Crippen LogP contribution < -0.4 is 10.6 Å². The molecule has 1 fully saturated rings. The van der Waals surface area contributed by atoms with Crippen LogP contribution in [0.25, 0.3) is 0 Å². The topological polar surface area (TPSA) is 56.7 Å². The molecule has 24 heavy (non-hydrogen) atoms. The molecule has 1 aliphatic carbocycles. The molecule has 1 amide bonds. The molecule has 0 bridgehead atoms. The standard InChI is InChI=1S/C17H34N4OS.HI/c1-17(2,23-5)13-20-16(19-12-15(22)21(3)4)18-11-14-9-7-6-8-10-14;/h14H,6-13H2,1-5H3,(H2,18,19,20);1H. The summed E-state index contributed by atoms with van der Waals surface area (Å²) in [6.07, 6.45) is 8.76. The molecule has 0 radical (unpaired) electrons. The molecular weight excluding hydrogens is 435 g/mol. The largest absolute Gasteiger partial charge is 0.356 e. The van der Waals surface area contributed by atoms with E-state index in [1.165, 1.54) is 32.1 Å². The molecule has 0 aromatic rings. The van der Waals surface area contributed by atoms with Gasteiger partial charge in [-0.2, -0.15) is 11.8 Å². The number of hydrogen-bond donors (Lipinski definition) is 2. The van der Waals surface area contributed by atoms with Crippen molar-refractivity contribution < 1.29 is 4.79 Å². The van der Waals surface area contributed by atoms with E-state index in [0.717, 1.165) is 25.0 Å². The molecule has 0 unspecified atom stereocenters. The number of amides is 1. The summed E-state index contributed by atoms with van der Waals surface area (Å²) < 4.78 is 0.138. The Bertz CT molecular complexity index is 396. The minimum absolute atomic E-state index is 0. The normalized spacial score (nSPS) is 16.3. The van der Waals surface area contributed by atoms with Crippen LogP contribution in [-0.4, -0.2) is 61.5 Å². The Hall–Kier alpha value is -0.180. The Balaban J connectivity index is 0.00000529. The van der Waals surface area contributed by atoms with E-state index in [-0.39, 0.29) is 41.2 Å². The molecule has 1 aliphatic rings. The molecule has 0 aromatic heterocycles. The van der Waals surface area contributed by atoms with Crippen molar-refractivity contribution in [1.82, 2.24) is 15.5 Å². The highest BCUT2D eigenvalue weighted by Crippen LogP contribution is 2.22. The van der Waals surface area contributed by atoms with Gasteiger partial charge in [0.1, 0.15) is 6.54 Å². The summed E-state index contributed by atoms with van der Waals surface area (Å²) in [5.41, 5.74) is 0. The van der Waals surface area contributed by atoms with Gasteiger partial charge in [0, 0.05) is 31.9 Å². The first-order valence-corrected chi connectivity index (χ1v) is 9.84. The van der Waals surface area contributed by atoms with Crippen LogP contribution in [0.15, 0.2) is 4.99 Å². The predicted octanol–water partition coefficient (Wildman–Crippen LogP) is 2.95. The molecule has 1 rings (SSSR count). The van der Waals surface area contributed by atoms with Crippen LogP contribution in [0.2, 0.25) is 0 Å². The molecule has 0 aromatic carbocycles. The second kappa shape index (κ2) is 12.2. The van der Waals surface area contributed by atoms with Crippen LogP contribution in [0, 0.1) is 5.92 Å².